The van der Waals surface area contributed by atoms with Crippen molar-refractivity contribution in [3.63, 3.8) is 0 Å². The summed E-state index contributed by atoms with van der Waals surface area (Å²) in [5.41, 5.74) is 9.84. The number of nitrogens with zero attached hydrogens (tertiary/aromatic N) is 2. The summed E-state index contributed by atoms with van der Waals surface area (Å²) in [6, 6.07) is 22.4. The Kier molecular flexibility index (Phi) is 9.98. The highest BCUT2D eigenvalue weighted by atomic mass is 16.5. The van der Waals surface area contributed by atoms with Gasteiger partial charge in [0.15, 0.2) is 23.0 Å². The van der Waals surface area contributed by atoms with E-state index < -0.39 is 0 Å². The summed E-state index contributed by atoms with van der Waals surface area (Å²) in [4.78, 5) is 0. The lowest BCUT2D eigenvalue weighted by atomic mass is 9.85. The zero-order valence-corrected chi connectivity index (χ0v) is 31.5. The number of ether oxygens (including phenoxy) is 6. The van der Waals surface area contributed by atoms with Crippen LogP contribution in [0.15, 0.2) is 60.7 Å². The van der Waals surface area contributed by atoms with Gasteiger partial charge >= 0.3 is 0 Å². The van der Waals surface area contributed by atoms with Gasteiger partial charge in [-0.25, -0.2) is 0 Å². The topological polar surface area (TPSA) is 55.4 Å². The monoisotopic (exact) mass is 682 g/mol. The van der Waals surface area contributed by atoms with Crippen LogP contribution in [-0.4, -0.2) is 92.9 Å². The molecule has 0 saturated carbocycles. The molecular weight excluding hydrogens is 628 g/mol. The van der Waals surface area contributed by atoms with Gasteiger partial charge in [-0.15, -0.1) is 0 Å². The van der Waals surface area contributed by atoms with Gasteiger partial charge in [0.1, 0.15) is 23.6 Å². The van der Waals surface area contributed by atoms with Crippen LogP contribution in [0.2, 0.25) is 0 Å². The summed E-state index contributed by atoms with van der Waals surface area (Å²) < 4.78 is 36.6. The van der Waals surface area contributed by atoms with Crippen molar-refractivity contribution in [2.75, 3.05) is 83.9 Å². The Morgan fingerprint density at radius 3 is 1.14 bits per heavy atom. The van der Waals surface area contributed by atoms with Crippen LogP contribution in [0.3, 0.4) is 0 Å². The molecule has 4 aromatic rings. The van der Waals surface area contributed by atoms with Gasteiger partial charge in [0.05, 0.1) is 83.9 Å². The predicted octanol–water partition coefficient (Wildman–Crippen LogP) is 7.24. The number of hydrogen-bond donors (Lipinski definition) is 0. The fraction of sp³-hybridized carbons (Fsp3) is 0.429. The maximum atomic E-state index is 6.00. The van der Waals surface area contributed by atoms with Crippen molar-refractivity contribution in [3.05, 3.63) is 94.0 Å². The molecule has 2 unspecified atom stereocenters. The van der Waals surface area contributed by atoms with E-state index >= 15 is 0 Å². The molecule has 6 rings (SSSR count). The van der Waals surface area contributed by atoms with Gasteiger partial charge in [-0.3, -0.25) is 0 Å². The van der Waals surface area contributed by atoms with Crippen LogP contribution in [0.1, 0.15) is 45.5 Å². The minimum absolute atomic E-state index is 0.245. The lowest BCUT2D eigenvalue weighted by Crippen LogP contribution is -2.48. The third kappa shape index (κ3) is 6.59. The van der Waals surface area contributed by atoms with Gasteiger partial charge < -0.3 is 37.4 Å². The van der Waals surface area contributed by atoms with E-state index in [4.69, 9.17) is 28.4 Å². The molecule has 266 valence electrons. The summed E-state index contributed by atoms with van der Waals surface area (Å²) in [6.07, 6.45) is 3.73. The molecule has 50 heavy (non-hydrogen) atoms. The number of hydrogen-bond acceptors (Lipinski definition) is 6. The van der Waals surface area contributed by atoms with E-state index in [1.165, 1.54) is 33.4 Å². The lowest BCUT2D eigenvalue weighted by molar-refractivity contribution is -0.923. The summed E-state index contributed by atoms with van der Waals surface area (Å²) in [6.45, 7) is 2.09. The van der Waals surface area contributed by atoms with E-state index in [-0.39, 0.29) is 12.1 Å². The molecule has 0 fully saturated rings. The Morgan fingerprint density at radius 2 is 0.800 bits per heavy atom. The molecule has 8 heteroatoms. The first-order valence-electron chi connectivity index (χ1n) is 17.5. The Labute approximate surface area is 298 Å². The van der Waals surface area contributed by atoms with Crippen molar-refractivity contribution in [2.24, 2.45) is 0 Å². The highest BCUT2D eigenvalue weighted by Crippen LogP contribution is 2.45. The molecule has 0 bridgehead atoms. The number of likely N-dealkylation sites (N-methyl/N-ethyl adjacent to an activating group) is 2. The Hall–Kier alpha value is -4.40. The number of fused-ring (bicyclic) bond motifs is 2. The van der Waals surface area contributed by atoms with E-state index in [9.17, 15) is 0 Å². The van der Waals surface area contributed by atoms with Gasteiger partial charge in [0.2, 0.25) is 0 Å². The van der Waals surface area contributed by atoms with Crippen LogP contribution in [-0.2, 0) is 25.7 Å². The number of benzene rings is 4. The van der Waals surface area contributed by atoms with Gasteiger partial charge in [-0.05, 0) is 70.8 Å². The van der Waals surface area contributed by atoms with Crippen molar-refractivity contribution in [2.45, 2.75) is 37.8 Å². The third-order valence-electron chi connectivity index (χ3n) is 11.3. The zero-order chi connectivity index (χ0) is 35.8. The molecule has 8 nitrogen and oxygen atoms in total. The third-order valence-corrected chi connectivity index (χ3v) is 11.3. The van der Waals surface area contributed by atoms with E-state index in [0.29, 0.717) is 0 Å². The first kappa shape index (κ1) is 35.4. The van der Waals surface area contributed by atoms with Gasteiger partial charge in [0, 0.05) is 47.9 Å². The molecule has 2 aliphatic rings. The first-order chi connectivity index (χ1) is 24.0. The average molecular weight is 683 g/mol. The number of methoxy groups -OCH3 is 6. The molecule has 2 heterocycles. The second kappa shape index (κ2) is 14.1. The lowest BCUT2D eigenvalue weighted by Gasteiger charge is -2.43. The molecular formula is C42H54N2O6+2. The summed E-state index contributed by atoms with van der Waals surface area (Å²) in [5.74, 6) is 4.77. The van der Waals surface area contributed by atoms with Gasteiger partial charge in [-0.1, -0.05) is 12.1 Å². The van der Waals surface area contributed by atoms with Crippen LogP contribution in [0, 0.1) is 0 Å². The molecule has 0 spiro atoms. The Balaban J connectivity index is 1.39. The summed E-state index contributed by atoms with van der Waals surface area (Å²) in [7, 11) is 19.6. The smallest absolute Gasteiger partial charge is 0.161 e. The fourth-order valence-electron chi connectivity index (χ4n) is 8.15. The first-order valence-corrected chi connectivity index (χ1v) is 17.5. The van der Waals surface area contributed by atoms with E-state index in [2.05, 4.69) is 88.9 Å². The predicted molar refractivity (Wildman–Crippen MR) is 198 cm³/mol. The molecule has 0 aromatic heterocycles. The minimum Gasteiger partial charge on any atom is -0.496 e. The Bertz CT molecular complexity index is 1730. The standard InChI is InChI=1S/C42H54N2O6/c1-43(2)17-15-29-23-39(47-7)41(49-9)25-31(29)35(43)21-27-11-13-37(45-5)33(19-27)34-20-28(12-14-38(34)46-6)22-36-32-26-42(50-10)40(48-8)24-30(32)16-18-44(36,3)4/h11-14,19-20,23-26,35-36H,15-18,21-22H2,1-10H3/q+2. The Morgan fingerprint density at radius 1 is 0.460 bits per heavy atom. The summed E-state index contributed by atoms with van der Waals surface area (Å²) >= 11 is 0. The van der Waals surface area contributed by atoms with Crippen molar-refractivity contribution in [3.8, 4) is 45.6 Å². The van der Waals surface area contributed by atoms with Crippen LogP contribution in [0.5, 0.6) is 34.5 Å². The van der Waals surface area contributed by atoms with Crippen LogP contribution in [0.4, 0.5) is 0 Å². The number of quaternary nitrogens is 2. The molecule has 2 atom stereocenters. The van der Waals surface area contributed by atoms with Crippen LogP contribution >= 0.6 is 0 Å². The largest absolute Gasteiger partial charge is 0.496 e. The maximum absolute atomic E-state index is 6.00. The maximum Gasteiger partial charge on any atom is 0.161 e. The molecule has 0 saturated heterocycles. The normalized spacial score (nSPS) is 18.8. The summed E-state index contributed by atoms with van der Waals surface area (Å²) in [5, 5.41) is 0. The SMILES string of the molecule is COc1cc2c(cc1OC)C(Cc1ccc(OC)c(-c3cc(CC4c5cc(OC)c(OC)cc5CC[N+]4(C)C)ccc3OC)c1)[N+](C)(C)CC2. The van der Waals surface area contributed by atoms with Crippen molar-refractivity contribution < 1.29 is 37.4 Å². The molecule has 2 aliphatic heterocycles. The van der Waals surface area contributed by atoms with Crippen molar-refractivity contribution in [1.82, 2.24) is 0 Å². The molecule has 0 radical (unpaired) electrons. The fourth-order valence-corrected chi connectivity index (χ4v) is 8.15. The van der Waals surface area contributed by atoms with Gasteiger partial charge in [-0.2, -0.15) is 0 Å². The number of rotatable bonds is 11. The molecule has 0 N–H and O–H groups in total. The highest BCUT2D eigenvalue weighted by molar-refractivity contribution is 5.77. The minimum atomic E-state index is 0.245. The molecule has 4 aromatic carbocycles. The van der Waals surface area contributed by atoms with Gasteiger partial charge in [0.25, 0.3) is 0 Å². The molecule has 0 amide bonds. The second-order valence-corrected chi connectivity index (χ2v) is 14.8. The van der Waals surface area contributed by atoms with Crippen LogP contribution in [0.25, 0.3) is 11.1 Å². The van der Waals surface area contributed by atoms with Crippen molar-refractivity contribution in [1.29, 1.82) is 0 Å². The van der Waals surface area contributed by atoms with E-state index in [0.717, 1.165) is 93.4 Å². The molecule has 0 aliphatic carbocycles. The average Bonchev–Trinajstić information content (AvgIpc) is 3.12. The highest BCUT2D eigenvalue weighted by Gasteiger charge is 2.38. The van der Waals surface area contributed by atoms with E-state index in [1.54, 1.807) is 42.7 Å². The van der Waals surface area contributed by atoms with E-state index in [1.807, 2.05) is 0 Å². The quantitative estimate of drug-likeness (QED) is 0.156. The zero-order valence-electron chi connectivity index (χ0n) is 31.5. The second-order valence-electron chi connectivity index (χ2n) is 14.8. The van der Waals surface area contributed by atoms with Crippen molar-refractivity contribution >= 4 is 0 Å². The van der Waals surface area contributed by atoms with Crippen LogP contribution < -0.4 is 28.4 Å².